The maximum absolute atomic E-state index is 14.8. The molecule has 0 radical (unpaired) electrons. The highest BCUT2D eigenvalue weighted by Crippen LogP contribution is 2.33. The van der Waals surface area contributed by atoms with Gasteiger partial charge in [0, 0.05) is 50.2 Å². The zero-order valence-electron chi connectivity index (χ0n) is 20.3. The van der Waals surface area contributed by atoms with Crippen LogP contribution in [0.25, 0.3) is 16.9 Å². The minimum atomic E-state index is -4.35. The van der Waals surface area contributed by atoms with E-state index < -0.39 is 23.4 Å². The van der Waals surface area contributed by atoms with E-state index in [-0.39, 0.29) is 5.69 Å². The number of piperazine rings is 1. The van der Waals surface area contributed by atoms with Crippen molar-refractivity contribution in [1.82, 2.24) is 9.47 Å². The lowest BCUT2D eigenvalue weighted by molar-refractivity contribution is -0.137. The molecule has 4 aromatic rings. The van der Waals surface area contributed by atoms with Crippen molar-refractivity contribution < 1.29 is 22.0 Å². The Balaban J connectivity index is 1.36. The molecule has 3 aromatic carbocycles. The van der Waals surface area contributed by atoms with E-state index in [1.165, 1.54) is 24.3 Å². The van der Waals surface area contributed by atoms with Gasteiger partial charge < -0.3 is 9.47 Å². The van der Waals surface area contributed by atoms with E-state index in [0.29, 0.717) is 19.6 Å². The number of aromatic nitrogens is 1. The van der Waals surface area contributed by atoms with Gasteiger partial charge in [-0.05, 0) is 60.5 Å². The summed E-state index contributed by atoms with van der Waals surface area (Å²) in [6.45, 7) is 5.41. The van der Waals surface area contributed by atoms with Gasteiger partial charge in [0.05, 0.1) is 16.9 Å². The molecule has 2 heterocycles. The highest BCUT2D eigenvalue weighted by molar-refractivity contribution is 5.66. The molecule has 0 atom stereocenters. The molecule has 0 aliphatic carbocycles. The van der Waals surface area contributed by atoms with Crippen molar-refractivity contribution >= 4 is 5.69 Å². The van der Waals surface area contributed by atoms with Gasteiger partial charge in [0.1, 0.15) is 11.6 Å². The summed E-state index contributed by atoms with van der Waals surface area (Å²) >= 11 is 0. The largest absolute Gasteiger partial charge is 0.416 e. The van der Waals surface area contributed by atoms with Gasteiger partial charge in [-0.25, -0.2) is 8.78 Å². The molecule has 3 nitrogen and oxygen atoms in total. The first-order valence-electron chi connectivity index (χ1n) is 12.1. The third-order valence-electron chi connectivity index (χ3n) is 6.90. The van der Waals surface area contributed by atoms with Crippen LogP contribution in [0.4, 0.5) is 27.6 Å². The summed E-state index contributed by atoms with van der Waals surface area (Å²) in [6.07, 6.45) is -4.35. The second-order valence-corrected chi connectivity index (χ2v) is 9.25. The van der Waals surface area contributed by atoms with Crippen LogP contribution < -0.4 is 4.90 Å². The van der Waals surface area contributed by atoms with Crippen molar-refractivity contribution in [3.05, 3.63) is 107 Å². The van der Waals surface area contributed by atoms with Crippen LogP contribution in [-0.4, -0.2) is 35.6 Å². The molecule has 192 valence electrons. The molecule has 8 heteroatoms. The van der Waals surface area contributed by atoms with Crippen LogP contribution in [0.1, 0.15) is 16.8 Å². The molecule has 0 bridgehead atoms. The number of alkyl halides is 3. The molecule has 1 aromatic heterocycles. The second-order valence-electron chi connectivity index (χ2n) is 9.25. The van der Waals surface area contributed by atoms with Crippen LogP contribution >= 0.6 is 0 Å². The lowest BCUT2D eigenvalue weighted by atomic mass is 10.1. The molecule has 0 N–H and O–H groups in total. The first-order valence-corrected chi connectivity index (χ1v) is 12.1. The first-order chi connectivity index (χ1) is 17.7. The molecule has 5 rings (SSSR count). The summed E-state index contributed by atoms with van der Waals surface area (Å²) in [5.41, 5.74) is 4.06. The smallest absolute Gasteiger partial charge is 0.369 e. The molecule has 1 aliphatic heterocycles. The fraction of sp³-hybridized carbons (Fsp3) is 0.241. The van der Waals surface area contributed by atoms with Crippen molar-refractivity contribution in [3.8, 4) is 16.9 Å². The van der Waals surface area contributed by atoms with Crippen LogP contribution in [0, 0.1) is 18.6 Å². The fourth-order valence-corrected chi connectivity index (χ4v) is 4.88. The third kappa shape index (κ3) is 5.25. The molecule has 37 heavy (non-hydrogen) atoms. The Morgan fingerprint density at radius 1 is 0.784 bits per heavy atom. The molecule has 0 spiro atoms. The van der Waals surface area contributed by atoms with Crippen molar-refractivity contribution in [2.24, 2.45) is 0 Å². The molecule has 1 fully saturated rings. The van der Waals surface area contributed by atoms with Gasteiger partial charge >= 0.3 is 6.18 Å². The first kappa shape index (κ1) is 25.0. The van der Waals surface area contributed by atoms with E-state index in [9.17, 15) is 22.0 Å². The van der Waals surface area contributed by atoms with E-state index in [1.54, 1.807) is 0 Å². The Morgan fingerprint density at radius 2 is 1.46 bits per heavy atom. The molecule has 1 aliphatic rings. The lowest BCUT2D eigenvalue weighted by Crippen LogP contribution is -2.46. The maximum atomic E-state index is 14.8. The summed E-state index contributed by atoms with van der Waals surface area (Å²) in [4.78, 5) is 4.36. The molecular weight excluding hydrogens is 485 g/mol. The highest BCUT2D eigenvalue weighted by atomic mass is 19.4. The fourth-order valence-electron chi connectivity index (χ4n) is 4.88. The van der Waals surface area contributed by atoms with E-state index in [1.807, 2.05) is 41.8 Å². The number of rotatable bonds is 5. The molecule has 0 saturated carbocycles. The van der Waals surface area contributed by atoms with Gasteiger partial charge in [-0.2, -0.15) is 13.2 Å². The molecule has 0 unspecified atom stereocenters. The average Bonchev–Trinajstić information content (AvgIpc) is 3.20. The van der Waals surface area contributed by atoms with Crippen molar-refractivity contribution in [1.29, 1.82) is 0 Å². The van der Waals surface area contributed by atoms with Crippen LogP contribution in [0.5, 0.6) is 0 Å². The van der Waals surface area contributed by atoms with E-state index in [0.717, 1.165) is 59.5 Å². The highest BCUT2D eigenvalue weighted by Gasteiger charge is 2.30. The Labute approximate surface area is 212 Å². The summed E-state index contributed by atoms with van der Waals surface area (Å²) in [7, 11) is 0. The van der Waals surface area contributed by atoms with E-state index in [2.05, 4.69) is 15.9 Å². The summed E-state index contributed by atoms with van der Waals surface area (Å²) in [5.74, 6) is -1.26. The topological polar surface area (TPSA) is 11.4 Å². The Bertz CT molecular complexity index is 1370. The standard InChI is InChI=1S/C29H26F5N3/c1-20-22(19-35-13-15-36(16-14-35)25-10-7-23(8-11-25)29(32,33)34)17-28(21-5-3-2-4-6-21)37(20)27-12-9-24(30)18-26(27)31/h2-12,17-18H,13-16,19H2,1H3. The average molecular weight is 512 g/mol. The van der Waals surface area contributed by atoms with Crippen molar-refractivity contribution in [2.45, 2.75) is 19.6 Å². The zero-order valence-corrected chi connectivity index (χ0v) is 20.3. The van der Waals surface area contributed by atoms with Crippen molar-refractivity contribution in [3.63, 3.8) is 0 Å². The SMILES string of the molecule is Cc1c(CN2CCN(c3ccc(C(F)(F)F)cc3)CC2)cc(-c2ccccc2)n1-c1ccc(F)cc1F. The third-order valence-corrected chi connectivity index (χ3v) is 6.90. The molecular formula is C29H26F5N3. The predicted octanol–water partition coefficient (Wildman–Crippen LogP) is 7.07. The van der Waals surface area contributed by atoms with Gasteiger partial charge in [0.2, 0.25) is 0 Å². The molecule has 1 saturated heterocycles. The van der Waals surface area contributed by atoms with Gasteiger partial charge in [-0.15, -0.1) is 0 Å². The number of benzene rings is 3. The number of hydrogen-bond acceptors (Lipinski definition) is 2. The monoisotopic (exact) mass is 511 g/mol. The molecule has 0 amide bonds. The summed E-state index contributed by atoms with van der Waals surface area (Å²) in [5, 5.41) is 0. The summed E-state index contributed by atoms with van der Waals surface area (Å²) < 4.78 is 68.9. The number of anilines is 1. The number of hydrogen-bond donors (Lipinski definition) is 0. The Morgan fingerprint density at radius 3 is 2.08 bits per heavy atom. The van der Waals surface area contributed by atoms with Gasteiger partial charge in [-0.3, -0.25) is 4.90 Å². The van der Waals surface area contributed by atoms with E-state index in [4.69, 9.17) is 0 Å². The van der Waals surface area contributed by atoms with Crippen LogP contribution in [-0.2, 0) is 12.7 Å². The van der Waals surface area contributed by atoms with Crippen LogP contribution in [0.2, 0.25) is 0 Å². The normalized spacial score (nSPS) is 14.8. The van der Waals surface area contributed by atoms with Crippen LogP contribution in [0.15, 0.2) is 78.9 Å². The maximum Gasteiger partial charge on any atom is 0.416 e. The minimum Gasteiger partial charge on any atom is -0.369 e. The van der Waals surface area contributed by atoms with Gasteiger partial charge in [0.15, 0.2) is 0 Å². The second kappa shape index (κ2) is 10.0. The van der Waals surface area contributed by atoms with Gasteiger partial charge in [-0.1, -0.05) is 30.3 Å². The van der Waals surface area contributed by atoms with Gasteiger partial charge in [0.25, 0.3) is 0 Å². The minimum absolute atomic E-state index is 0.288. The van der Waals surface area contributed by atoms with Crippen LogP contribution in [0.3, 0.4) is 0 Å². The Hall–Kier alpha value is -3.65. The quantitative estimate of drug-likeness (QED) is 0.266. The number of halogens is 5. The Kier molecular flexibility index (Phi) is 6.77. The van der Waals surface area contributed by atoms with E-state index >= 15 is 0 Å². The lowest BCUT2D eigenvalue weighted by Gasteiger charge is -2.36. The summed E-state index contributed by atoms with van der Waals surface area (Å²) in [6, 6.07) is 20.6. The number of nitrogens with zero attached hydrogens (tertiary/aromatic N) is 3. The zero-order chi connectivity index (χ0) is 26.2. The predicted molar refractivity (Wildman–Crippen MR) is 135 cm³/mol. The van der Waals surface area contributed by atoms with Crippen molar-refractivity contribution in [2.75, 3.05) is 31.1 Å².